The van der Waals surface area contributed by atoms with E-state index in [-0.39, 0.29) is 30.9 Å². The molecule has 2 amide bonds. The Kier molecular flexibility index (Phi) is 7.47. The van der Waals surface area contributed by atoms with Gasteiger partial charge in [-0.3, -0.25) is 4.79 Å². The molecular weight excluding hydrogens is 470 g/mol. The van der Waals surface area contributed by atoms with Gasteiger partial charge in [0.05, 0.1) is 18.1 Å². The first kappa shape index (κ1) is 26.9. The summed E-state index contributed by atoms with van der Waals surface area (Å²) in [6.45, 7) is 11.3. The second-order valence-corrected chi connectivity index (χ2v) is 11.4. The van der Waals surface area contributed by atoms with Crippen molar-refractivity contribution in [2.75, 3.05) is 6.61 Å². The summed E-state index contributed by atoms with van der Waals surface area (Å²) in [5.74, 6) is -2.28. The Hall–Kier alpha value is -3.19. The van der Waals surface area contributed by atoms with Crippen molar-refractivity contribution in [2.45, 2.75) is 71.3 Å². The van der Waals surface area contributed by atoms with Crippen molar-refractivity contribution in [1.29, 1.82) is 0 Å². The number of carbonyl (C=O) groups is 3. The van der Waals surface area contributed by atoms with Crippen molar-refractivity contribution < 1.29 is 28.6 Å². The van der Waals surface area contributed by atoms with E-state index in [0.717, 1.165) is 11.1 Å². The molecule has 2 fully saturated rings. The average molecular weight is 508 g/mol. The molecule has 0 spiro atoms. The molecule has 0 N–H and O–H groups in total. The zero-order chi connectivity index (χ0) is 27.0. The van der Waals surface area contributed by atoms with Crippen molar-refractivity contribution in [3.8, 4) is 0 Å². The average Bonchev–Trinajstić information content (AvgIpc) is 3.37. The Labute approximate surface area is 219 Å². The molecule has 7 heteroatoms. The van der Waals surface area contributed by atoms with Crippen LogP contribution in [0.5, 0.6) is 0 Å². The molecule has 0 bridgehead atoms. The molecule has 0 aromatic heterocycles. The molecule has 2 aliphatic heterocycles. The summed E-state index contributed by atoms with van der Waals surface area (Å²) in [6.07, 6.45) is -1.17. The van der Waals surface area contributed by atoms with E-state index in [1.165, 1.54) is 4.90 Å². The summed E-state index contributed by atoms with van der Waals surface area (Å²) in [7, 11) is 0. The van der Waals surface area contributed by atoms with Crippen LogP contribution in [0.3, 0.4) is 0 Å². The maximum absolute atomic E-state index is 14.2. The molecule has 0 saturated carbocycles. The number of benzene rings is 2. The van der Waals surface area contributed by atoms with E-state index in [4.69, 9.17) is 14.2 Å². The summed E-state index contributed by atoms with van der Waals surface area (Å²) in [5.41, 5.74) is -0.539. The van der Waals surface area contributed by atoms with Crippen LogP contribution in [-0.4, -0.2) is 46.7 Å². The Bertz CT molecular complexity index is 1130. The number of amides is 2. The number of hydrogen-bond acceptors (Lipinski definition) is 6. The fourth-order valence-corrected chi connectivity index (χ4v) is 5.33. The van der Waals surface area contributed by atoms with Crippen LogP contribution in [0.4, 0.5) is 4.79 Å². The summed E-state index contributed by atoms with van der Waals surface area (Å²) in [4.78, 5) is 42.1. The number of rotatable bonds is 6. The number of nitrogens with zero attached hydrogens (tertiary/aromatic N) is 1. The molecule has 2 heterocycles. The van der Waals surface area contributed by atoms with Gasteiger partial charge in [0.25, 0.3) is 0 Å². The molecule has 5 unspecified atom stereocenters. The van der Waals surface area contributed by atoms with E-state index in [0.29, 0.717) is 0 Å². The number of hydrogen-bond donors (Lipinski definition) is 0. The highest BCUT2D eigenvalue weighted by Gasteiger charge is 2.62. The van der Waals surface area contributed by atoms with Gasteiger partial charge >= 0.3 is 12.1 Å². The number of cyclic esters (lactones) is 1. The fraction of sp³-hybridized carbons (Fsp3) is 0.500. The van der Waals surface area contributed by atoms with Crippen molar-refractivity contribution in [3.63, 3.8) is 0 Å². The first-order chi connectivity index (χ1) is 17.4. The van der Waals surface area contributed by atoms with E-state index < -0.39 is 41.2 Å². The van der Waals surface area contributed by atoms with Gasteiger partial charge in [-0.25, -0.2) is 14.5 Å². The molecular formula is C30H37NO6. The Morgan fingerprint density at radius 2 is 1.65 bits per heavy atom. The second-order valence-electron chi connectivity index (χ2n) is 11.4. The normalized spacial score (nSPS) is 27.9. The van der Waals surface area contributed by atoms with Crippen LogP contribution >= 0.6 is 0 Å². The van der Waals surface area contributed by atoms with Gasteiger partial charge < -0.3 is 14.2 Å². The molecule has 2 aromatic carbocycles. The Morgan fingerprint density at radius 3 is 2.22 bits per heavy atom. The van der Waals surface area contributed by atoms with Crippen molar-refractivity contribution in [1.82, 2.24) is 4.90 Å². The standard InChI is InChI=1S/C30H37NO6/c1-19(2)23-18-35-28(34)31(23)26(32)24-20(3)30(27(33)37-29(4,5)6,17-21-13-9-7-10-14-21)36-25(24)22-15-11-8-12-16-22/h7-16,19-20,23-25H,17-18H2,1-6H3. The van der Waals surface area contributed by atoms with Crippen molar-refractivity contribution in [2.24, 2.45) is 17.8 Å². The number of imide groups is 1. The van der Waals surface area contributed by atoms with Crippen LogP contribution in [0.2, 0.25) is 0 Å². The lowest BCUT2D eigenvalue weighted by Gasteiger charge is -2.35. The highest BCUT2D eigenvalue weighted by molar-refractivity contribution is 5.96. The minimum absolute atomic E-state index is 0.0168. The van der Waals surface area contributed by atoms with Gasteiger partial charge in [0.2, 0.25) is 5.91 Å². The predicted octanol–water partition coefficient (Wildman–Crippen LogP) is 5.34. The molecule has 5 atom stereocenters. The highest BCUT2D eigenvalue weighted by atomic mass is 16.6. The molecule has 0 radical (unpaired) electrons. The molecule has 198 valence electrons. The first-order valence-corrected chi connectivity index (χ1v) is 12.9. The quantitative estimate of drug-likeness (QED) is 0.491. The third-order valence-corrected chi connectivity index (χ3v) is 7.32. The Balaban J connectivity index is 1.83. The second kappa shape index (κ2) is 10.3. The molecule has 0 aliphatic carbocycles. The third-order valence-electron chi connectivity index (χ3n) is 7.32. The van der Waals surface area contributed by atoms with E-state index in [9.17, 15) is 14.4 Å². The SMILES string of the molecule is CC(C)C1COC(=O)N1C(=O)C1C(c2ccccc2)OC(Cc2ccccc2)(C(=O)OC(C)(C)C)C1C. The lowest BCUT2D eigenvalue weighted by molar-refractivity contribution is -0.186. The molecule has 2 aromatic rings. The first-order valence-electron chi connectivity index (χ1n) is 12.9. The molecule has 2 aliphatic rings. The van der Waals surface area contributed by atoms with Gasteiger partial charge in [-0.15, -0.1) is 0 Å². The maximum Gasteiger partial charge on any atom is 0.416 e. The topological polar surface area (TPSA) is 82.1 Å². The van der Waals surface area contributed by atoms with Gasteiger partial charge in [0.15, 0.2) is 5.60 Å². The minimum Gasteiger partial charge on any atom is -0.458 e. The number of esters is 1. The van der Waals surface area contributed by atoms with Crippen LogP contribution in [0.1, 0.15) is 58.8 Å². The van der Waals surface area contributed by atoms with Crippen LogP contribution in [0.15, 0.2) is 60.7 Å². The van der Waals surface area contributed by atoms with E-state index in [2.05, 4.69) is 0 Å². The largest absolute Gasteiger partial charge is 0.458 e. The van der Waals surface area contributed by atoms with Gasteiger partial charge in [0.1, 0.15) is 12.2 Å². The van der Waals surface area contributed by atoms with Crippen molar-refractivity contribution >= 4 is 18.0 Å². The predicted molar refractivity (Wildman–Crippen MR) is 138 cm³/mol. The fourth-order valence-electron chi connectivity index (χ4n) is 5.33. The zero-order valence-electron chi connectivity index (χ0n) is 22.5. The van der Waals surface area contributed by atoms with Gasteiger partial charge in [0, 0.05) is 12.3 Å². The molecule has 37 heavy (non-hydrogen) atoms. The minimum atomic E-state index is -1.44. The highest BCUT2D eigenvalue weighted by Crippen LogP contribution is 2.51. The van der Waals surface area contributed by atoms with Crippen LogP contribution in [-0.2, 0) is 30.2 Å². The lowest BCUT2D eigenvalue weighted by atomic mass is 9.75. The van der Waals surface area contributed by atoms with Crippen molar-refractivity contribution in [3.05, 3.63) is 71.8 Å². The van der Waals surface area contributed by atoms with Gasteiger partial charge in [-0.05, 0) is 37.8 Å². The van der Waals surface area contributed by atoms with E-state index in [1.807, 2.05) is 102 Å². The van der Waals surface area contributed by atoms with E-state index >= 15 is 0 Å². The van der Waals surface area contributed by atoms with Crippen LogP contribution in [0.25, 0.3) is 0 Å². The monoisotopic (exact) mass is 507 g/mol. The number of ether oxygens (including phenoxy) is 3. The van der Waals surface area contributed by atoms with E-state index in [1.54, 1.807) is 0 Å². The van der Waals surface area contributed by atoms with Crippen LogP contribution < -0.4 is 0 Å². The smallest absolute Gasteiger partial charge is 0.416 e. The summed E-state index contributed by atoms with van der Waals surface area (Å²) >= 11 is 0. The third kappa shape index (κ3) is 5.28. The van der Waals surface area contributed by atoms with Gasteiger partial charge in [-0.1, -0.05) is 81.4 Å². The van der Waals surface area contributed by atoms with Crippen LogP contribution in [0, 0.1) is 17.8 Å². The summed E-state index contributed by atoms with van der Waals surface area (Å²) < 4.78 is 17.9. The Morgan fingerprint density at radius 1 is 1.05 bits per heavy atom. The number of carbonyl (C=O) groups excluding carboxylic acids is 3. The maximum atomic E-state index is 14.2. The molecule has 2 saturated heterocycles. The zero-order valence-corrected chi connectivity index (χ0v) is 22.5. The summed E-state index contributed by atoms with van der Waals surface area (Å²) in [5, 5.41) is 0. The summed E-state index contributed by atoms with van der Waals surface area (Å²) in [6, 6.07) is 18.6. The van der Waals surface area contributed by atoms with Gasteiger partial charge in [-0.2, -0.15) is 0 Å². The molecule has 7 nitrogen and oxygen atoms in total. The molecule has 4 rings (SSSR count). The lowest BCUT2D eigenvalue weighted by Crippen LogP contribution is -2.52.